The number of methoxy groups -OCH3 is 1. The van der Waals surface area contributed by atoms with E-state index < -0.39 is 12.2 Å². The molecule has 0 aliphatic carbocycles. The van der Waals surface area contributed by atoms with Gasteiger partial charge in [-0.05, 0) is 107 Å². The van der Waals surface area contributed by atoms with Crippen molar-refractivity contribution in [2.75, 3.05) is 59.2 Å². The highest BCUT2D eigenvalue weighted by atomic mass is 79.9. The van der Waals surface area contributed by atoms with Crippen molar-refractivity contribution in [1.82, 2.24) is 19.6 Å². The van der Waals surface area contributed by atoms with Crippen molar-refractivity contribution >= 4 is 55.6 Å². The molecule has 0 spiro atoms. The van der Waals surface area contributed by atoms with Crippen molar-refractivity contribution in [2.45, 2.75) is 56.7 Å². The van der Waals surface area contributed by atoms with Crippen molar-refractivity contribution in [3.8, 4) is 5.75 Å². The number of benzene rings is 2. The Balaban J connectivity index is 1.24. The monoisotopic (exact) mass is 733 g/mol. The maximum absolute atomic E-state index is 13.8. The third-order valence-corrected chi connectivity index (χ3v) is 10.2. The average molecular weight is 736 g/mol. The number of rotatable bonds is 7. The lowest BCUT2D eigenvalue weighted by atomic mass is 10.0. The van der Waals surface area contributed by atoms with E-state index >= 15 is 0 Å². The lowest BCUT2D eigenvalue weighted by Crippen LogP contribution is -2.52. The second-order valence-corrected chi connectivity index (χ2v) is 13.6. The summed E-state index contributed by atoms with van der Waals surface area (Å²) in [5, 5.41) is 3.04. The molecule has 0 saturated carbocycles. The Morgan fingerprint density at radius 2 is 1.61 bits per heavy atom. The average Bonchev–Trinajstić information content (AvgIpc) is 3.18. The number of carbonyl (C=O) groups is 3. The van der Waals surface area contributed by atoms with Crippen LogP contribution in [0.15, 0.2) is 45.3 Å². The summed E-state index contributed by atoms with van der Waals surface area (Å²) in [5.41, 5.74) is 2.83. The fourth-order valence-corrected chi connectivity index (χ4v) is 8.02. The van der Waals surface area contributed by atoms with Gasteiger partial charge in [0.25, 0.3) is 5.91 Å². The molecule has 0 bridgehead atoms. The summed E-state index contributed by atoms with van der Waals surface area (Å²) in [6, 6.07) is 12.0. The van der Waals surface area contributed by atoms with Crippen LogP contribution in [0.3, 0.4) is 0 Å². The molecule has 5 rings (SSSR count). The fourth-order valence-electron chi connectivity index (χ4n) is 6.42. The highest BCUT2D eigenvalue weighted by Crippen LogP contribution is 2.35. The molecule has 2 saturated heterocycles. The standard InChI is InChI=1S/C32H41Br2N5O5/c1-36(2)23-9-13-37(14-10-23)30(40)28(20-21-18-25(33)29(43-3)26(34)19-21)44-32(42)38-15-11-24(12-16-38)39-17-8-22-6-4-5-7-27(22)35-31(39)41/h4-7,18-19,23-24,28H,8-17,20H2,1-3H3,(H,35,41)/t28-/m1/s1. The van der Waals surface area contributed by atoms with E-state index in [0.717, 1.165) is 45.0 Å². The highest BCUT2D eigenvalue weighted by Gasteiger charge is 2.36. The quantitative estimate of drug-likeness (QED) is 0.411. The number of para-hydroxylation sites is 1. The van der Waals surface area contributed by atoms with E-state index in [0.29, 0.717) is 57.4 Å². The van der Waals surface area contributed by atoms with Crippen LogP contribution in [0.4, 0.5) is 15.3 Å². The Bertz CT molecular complexity index is 1340. The summed E-state index contributed by atoms with van der Waals surface area (Å²) in [6.07, 6.45) is 2.61. The van der Waals surface area contributed by atoms with Crippen LogP contribution in [0.25, 0.3) is 0 Å². The molecule has 2 aromatic carbocycles. The van der Waals surface area contributed by atoms with Crippen molar-refractivity contribution in [3.63, 3.8) is 0 Å². The van der Waals surface area contributed by atoms with Gasteiger partial charge in [-0.15, -0.1) is 0 Å². The molecule has 0 radical (unpaired) electrons. The summed E-state index contributed by atoms with van der Waals surface area (Å²) in [7, 11) is 5.72. The zero-order valence-corrected chi connectivity index (χ0v) is 28.7. The van der Waals surface area contributed by atoms with E-state index in [1.807, 2.05) is 46.2 Å². The number of urea groups is 1. The Morgan fingerprint density at radius 3 is 2.25 bits per heavy atom. The van der Waals surface area contributed by atoms with Gasteiger partial charge >= 0.3 is 12.1 Å². The van der Waals surface area contributed by atoms with E-state index in [4.69, 9.17) is 9.47 Å². The van der Waals surface area contributed by atoms with Crippen molar-refractivity contribution in [1.29, 1.82) is 0 Å². The predicted molar refractivity (Wildman–Crippen MR) is 176 cm³/mol. The molecule has 1 N–H and O–H groups in total. The molecule has 12 heteroatoms. The summed E-state index contributed by atoms with van der Waals surface area (Å²) in [4.78, 5) is 48.0. The van der Waals surface area contributed by atoms with Gasteiger partial charge in [0, 0.05) is 56.9 Å². The van der Waals surface area contributed by atoms with E-state index in [1.165, 1.54) is 0 Å². The number of nitrogens with zero attached hydrogens (tertiary/aromatic N) is 4. The minimum absolute atomic E-state index is 0.0257. The van der Waals surface area contributed by atoms with Crippen LogP contribution >= 0.6 is 31.9 Å². The number of carbonyl (C=O) groups excluding carboxylic acids is 3. The lowest BCUT2D eigenvalue weighted by Gasteiger charge is -2.38. The molecule has 44 heavy (non-hydrogen) atoms. The first-order chi connectivity index (χ1) is 21.1. The third-order valence-electron chi connectivity index (χ3n) is 9.01. The van der Waals surface area contributed by atoms with Gasteiger partial charge in [0.2, 0.25) is 0 Å². The molecule has 1 atom stereocenters. The number of amides is 4. The number of nitrogens with one attached hydrogen (secondary N) is 1. The molecule has 3 aliphatic rings. The number of halogens is 2. The number of hydrogen-bond donors (Lipinski definition) is 1. The highest BCUT2D eigenvalue weighted by molar-refractivity contribution is 9.11. The van der Waals surface area contributed by atoms with E-state index in [9.17, 15) is 14.4 Å². The van der Waals surface area contributed by atoms with Gasteiger partial charge in [-0.3, -0.25) is 4.79 Å². The third kappa shape index (κ3) is 7.51. The number of fused-ring (bicyclic) bond motifs is 1. The second kappa shape index (κ2) is 14.5. The number of likely N-dealkylation sites (tertiary alicyclic amines) is 2. The number of ether oxygens (including phenoxy) is 2. The SMILES string of the molecule is COc1c(Br)cc(C[C@@H](OC(=O)N2CCC(N3CCc4ccccc4NC3=O)CC2)C(=O)N2CCC(N(C)C)CC2)cc1Br. The van der Waals surface area contributed by atoms with Gasteiger partial charge in [0.15, 0.2) is 6.10 Å². The van der Waals surface area contributed by atoms with Gasteiger partial charge < -0.3 is 34.4 Å². The molecular weight excluding hydrogens is 694 g/mol. The minimum Gasteiger partial charge on any atom is -0.494 e. The maximum Gasteiger partial charge on any atom is 0.410 e. The summed E-state index contributed by atoms with van der Waals surface area (Å²) in [6.45, 7) is 2.79. The minimum atomic E-state index is -0.960. The molecule has 3 heterocycles. The number of anilines is 1. The summed E-state index contributed by atoms with van der Waals surface area (Å²) >= 11 is 7.10. The summed E-state index contributed by atoms with van der Waals surface area (Å²) in [5.74, 6) is 0.485. The summed E-state index contributed by atoms with van der Waals surface area (Å²) < 4.78 is 12.9. The van der Waals surface area contributed by atoms with Crippen LogP contribution < -0.4 is 10.1 Å². The van der Waals surface area contributed by atoms with Crippen LogP contribution in [0.2, 0.25) is 0 Å². The number of hydrogen-bond acceptors (Lipinski definition) is 6. The van der Waals surface area contributed by atoms with Crippen LogP contribution in [-0.4, -0.2) is 110 Å². The van der Waals surface area contributed by atoms with Gasteiger partial charge in [-0.25, -0.2) is 9.59 Å². The van der Waals surface area contributed by atoms with Crippen molar-refractivity contribution < 1.29 is 23.9 Å². The topological polar surface area (TPSA) is 94.7 Å². The normalized spacial score (nSPS) is 18.9. The molecule has 0 unspecified atom stereocenters. The van der Waals surface area contributed by atoms with E-state index in [2.05, 4.69) is 56.2 Å². The van der Waals surface area contributed by atoms with E-state index in [1.54, 1.807) is 12.0 Å². The lowest BCUT2D eigenvalue weighted by molar-refractivity contribution is -0.142. The Labute approximate surface area is 276 Å². The first kappa shape index (κ1) is 32.6. The van der Waals surface area contributed by atoms with Gasteiger partial charge in [-0.2, -0.15) is 0 Å². The largest absolute Gasteiger partial charge is 0.494 e. The second-order valence-electron chi connectivity index (χ2n) is 11.9. The van der Waals surface area contributed by atoms with Crippen molar-refractivity contribution in [2.24, 2.45) is 0 Å². The van der Waals surface area contributed by atoms with Crippen molar-refractivity contribution in [3.05, 3.63) is 56.5 Å². The predicted octanol–water partition coefficient (Wildman–Crippen LogP) is 5.38. The molecule has 2 aromatic rings. The zero-order valence-electron chi connectivity index (χ0n) is 25.6. The van der Waals surface area contributed by atoms with Crippen LogP contribution in [-0.2, 0) is 22.4 Å². The molecular formula is C32H41Br2N5O5. The molecule has 10 nitrogen and oxygen atoms in total. The maximum atomic E-state index is 13.8. The van der Waals surface area contributed by atoms with Crippen LogP contribution in [0.1, 0.15) is 36.8 Å². The Kier molecular flexibility index (Phi) is 10.7. The molecule has 4 amide bonds. The number of piperidine rings is 2. The Morgan fingerprint density at radius 1 is 0.977 bits per heavy atom. The van der Waals surface area contributed by atoms with Crippen LogP contribution in [0, 0.1) is 0 Å². The molecule has 0 aromatic heterocycles. The first-order valence-corrected chi connectivity index (χ1v) is 16.8. The Hall–Kier alpha value is -2.83. The van der Waals surface area contributed by atoms with E-state index in [-0.39, 0.29) is 24.4 Å². The van der Waals surface area contributed by atoms with Gasteiger partial charge in [-0.1, -0.05) is 18.2 Å². The zero-order chi connectivity index (χ0) is 31.4. The van der Waals surface area contributed by atoms with Gasteiger partial charge in [0.05, 0.1) is 16.1 Å². The smallest absolute Gasteiger partial charge is 0.410 e. The fraction of sp³-hybridized carbons (Fsp3) is 0.531. The van der Waals surface area contributed by atoms with Gasteiger partial charge in [0.1, 0.15) is 5.75 Å². The molecule has 3 aliphatic heterocycles. The van der Waals surface area contributed by atoms with Crippen LogP contribution in [0.5, 0.6) is 5.75 Å². The molecule has 2 fully saturated rings. The molecule has 238 valence electrons. The first-order valence-electron chi connectivity index (χ1n) is 15.2.